The lowest BCUT2D eigenvalue weighted by Gasteiger charge is -2.37. The maximum absolute atomic E-state index is 13.3. The van der Waals surface area contributed by atoms with Crippen LogP contribution in [0.2, 0.25) is 0 Å². The first-order valence-electron chi connectivity index (χ1n) is 7.85. The summed E-state index contributed by atoms with van der Waals surface area (Å²) in [6.45, 7) is 1.50. The molecular formula is C16H20F2N2O3S. The van der Waals surface area contributed by atoms with Crippen molar-refractivity contribution in [3.63, 3.8) is 0 Å². The predicted molar refractivity (Wildman–Crippen MR) is 84.5 cm³/mol. The van der Waals surface area contributed by atoms with Crippen LogP contribution in [0.4, 0.5) is 8.78 Å². The average molecular weight is 358 g/mol. The van der Waals surface area contributed by atoms with Crippen molar-refractivity contribution in [2.24, 2.45) is 5.41 Å². The molecule has 2 aliphatic rings. The SMILES string of the molecule is CS(=O)(=O)N1CCC2(CC1)CC(=O)N(Cc1cc(F)cc(F)c1)C2. The molecule has 0 aromatic heterocycles. The zero-order chi connectivity index (χ0) is 17.5. The fourth-order valence-corrected chi connectivity index (χ4v) is 4.52. The van der Waals surface area contributed by atoms with Crippen molar-refractivity contribution < 1.29 is 22.0 Å². The van der Waals surface area contributed by atoms with Crippen molar-refractivity contribution in [1.29, 1.82) is 0 Å². The summed E-state index contributed by atoms with van der Waals surface area (Å²) in [6, 6.07) is 3.26. The van der Waals surface area contributed by atoms with Gasteiger partial charge in [-0.3, -0.25) is 4.79 Å². The number of carbonyl (C=O) groups excluding carboxylic acids is 1. The summed E-state index contributed by atoms with van der Waals surface area (Å²) in [5.74, 6) is -1.37. The molecule has 3 rings (SSSR count). The van der Waals surface area contributed by atoms with E-state index in [1.807, 2.05) is 0 Å². The number of likely N-dealkylation sites (tertiary alicyclic amines) is 1. The van der Waals surface area contributed by atoms with Gasteiger partial charge in [0.05, 0.1) is 6.26 Å². The van der Waals surface area contributed by atoms with Crippen LogP contribution in [0.3, 0.4) is 0 Å². The van der Waals surface area contributed by atoms with Gasteiger partial charge in [0.25, 0.3) is 0 Å². The Morgan fingerprint density at radius 1 is 1.12 bits per heavy atom. The van der Waals surface area contributed by atoms with Crippen LogP contribution in [0.25, 0.3) is 0 Å². The van der Waals surface area contributed by atoms with Gasteiger partial charge in [-0.05, 0) is 36.0 Å². The number of sulfonamides is 1. The first kappa shape index (κ1) is 17.3. The third kappa shape index (κ3) is 3.59. The Morgan fingerprint density at radius 3 is 2.25 bits per heavy atom. The lowest BCUT2D eigenvalue weighted by Crippen LogP contribution is -2.43. The van der Waals surface area contributed by atoms with Crippen molar-refractivity contribution in [1.82, 2.24) is 9.21 Å². The van der Waals surface area contributed by atoms with Crippen molar-refractivity contribution in [2.75, 3.05) is 25.9 Å². The predicted octanol–water partition coefficient (Wildman–Crippen LogP) is 1.74. The Morgan fingerprint density at radius 2 is 1.71 bits per heavy atom. The maximum Gasteiger partial charge on any atom is 0.223 e. The number of hydrogen-bond donors (Lipinski definition) is 0. The minimum Gasteiger partial charge on any atom is -0.338 e. The molecule has 0 N–H and O–H groups in total. The van der Waals surface area contributed by atoms with E-state index in [-0.39, 0.29) is 17.9 Å². The van der Waals surface area contributed by atoms with E-state index in [4.69, 9.17) is 0 Å². The van der Waals surface area contributed by atoms with Gasteiger partial charge in [-0.15, -0.1) is 0 Å². The van der Waals surface area contributed by atoms with Gasteiger partial charge in [-0.2, -0.15) is 0 Å². The Labute approximate surface area is 140 Å². The Balaban J connectivity index is 1.68. The van der Waals surface area contributed by atoms with E-state index in [2.05, 4.69) is 0 Å². The van der Waals surface area contributed by atoms with Gasteiger partial charge in [-0.25, -0.2) is 21.5 Å². The zero-order valence-corrected chi connectivity index (χ0v) is 14.3. The normalized spacial score (nSPS) is 21.6. The van der Waals surface area contributed by atoms with Crippen molar-refractivity contribution in [3.8, 4) is 0 Å². The fraction of sp³-hybridized carbons (Fsp3) is 0.562. The third-order valence-corrected chi connectivity index (χ3v) is 6.26. The van der Waals surface area contributed by atoms with Gasteiger partial charge in [0.1, 0.15) is 11.6 Å². The van der Waals surface area contributed by atoms with Gasteiger partial charge in [-0.1, -0.05) is 0 Å². The molecule has 2 aliphatic heterocycles. The van der Waals surface area contributed by atoms with E-state index < -0.39 is 21.7 Å². The summed E-state index contributed by atoms with van der Waals surface area (Å²) in [7, 11) is -3.21. The smallest absolute Gasteiger partial charge is 0.223 e. The molecule has 132 valence electrons. The molecule has 0 bridgehead atoms. The summed E-state index contributed by atoms with van der Waals surface area (Å²) < 4.78 is 51.2. The number of hydrogen-bond acceptors (Lipinski definition) is 3. The highest BCUT2D eigenvalue weighted by Gasteiger charge is 2.45. The standard InChI is InChI=1S/C16H20F2N2O3S/c1-24(22,23)20-4-2-16(3-5-20)9-15(21)19(11-16)10-12-6-13(17)8-14(18)7-12/h6-8H,2-5,9-11H2,1H3. The number of rotatable bonds is 3. The summed E-state index contributed by atoms with van der Waals surface area (Å²) >= 11 is 0. The minimum atomic E-state index is -3.21. The second-order valence-electron chi connectivity index (χ2n) is 6.87. The van der Waals surface area contributed by atoms with E-state index in [0.29, 0.717) is 44.5 Å². The largest absolute Gasteiger partial charge is 0.338 e. The number of piperidine rings is 1. The molecule has 2 saturated heterocycles. The monoisotopic (exact) mass is 358 g/mol. The Kier molecular flexibility index (Phi) is 4.37. The Bertz CT molecular complexity index is 738. The molecule has 1 aromatic carbocycles. The molecule has 8 heteroatoms. The fourth-order valence-electron chi connectivity index (χ4n) is 3.68. The highest BCUT2D eigenvalue weighted by molar-refractivity contribution is 7.88. The Hall–Kier alpha value is -1.54. The molecule has 2 fully saturated rings. The molecule has 0 radical (unpaired) electrons. The number of carbonyl (C=O) groups is 1. The van der Waals surface area contributed by atoms with E-state index in [1.165, 1.54) is 22.7 Å². The van der Waals surface area contributed by atoms with Crippen molar-refractivity contribution >= 4 is 15.9 Å². The van der Waals surface area contributed by atoms with Crippen LogP contribution in [0.5, 0.6) is 0 Å². The van der Waals surface area contributed by atoms with E-state index in [1.54, 1.807) is 4.90 Å². The number of halogens is 2. The second kappa shape index (κ2) is 6.07. The summed E-state index contributed by atoms with van der Waals surface area (Å²) in [6.07, 6.45) is 2.80. The summed E-state index contributed by atoms with van der Waals surface area (Å²) in [5, 5.41) is 0. The number of nitrogens with zero attached hydrogens (tertiary/aromatic N) is 2. The molecule has 0 saturated carbocycles. The molecule has 1 spiro atoms. The van der Waals surface area contributed by atoms with E-state index in [9.17, 15) is 22.0 Å². The molecule has 0 atom stereocenters. The highest BCUT2D eigenvalue weighted by Crippen LogP contribution is 2.41. The minimum absolute atomic E-state index is 0.0486. The van der Waals surface area contributed by atoms with E-state index >= 15 is 0 Å². The van der Waals surface area contributed by atoms with Crippen LogP contribution in [0.1, 0.15) is 24.8 Å². The molecule has 1 aromatic rings. The van der Waals surface area contributed by atoms with Gasteiger partial charge >= 0.3 is 0 Å². The van der Waals surface area contributed by atoms with Crippen LogP contribution < -0.4 is 0 Å². The molecule has 2 heterocycles. The van der Waals surface area contributed by atoms with Gasteiger partial charge in [0.2, 0.25) is 15.9 Å². The van der Waals surface area contributed by atoms with Crippen LogP contribution >= 0.6 is 0 Å². The highest BCUT2D eigenvalue weighted by atomic mass is 32.2. The van der Waals surface area contributed by atoms with Gasteiger partial charge in [0, 0.05) is 38.7 Å². The second-order valence-corrected chi connectivity index (χ2v) is 8.85. The maximum atomic E-state index is 13.3. The first-order valence-corrected chi connectivity index (χ1v) is 9.70. The third-order valence-electron chi connectivity index (χ3n) is 4.95. The van der Waals surface area contributed by atoms with Gasteiger partial charge in [0.15, 0.2) is 0 Å². The van der Waals surface area contributed by atoms with Crippen LogP contribution in [-0.4, -0.2) is 49.4 Å². The molecule has 0 aliphatic carbocycles. The van der Waals surface area contributed by atoms with Crippen molar-refractivity contribution in [3.05, 3.63) is 35.4 Å². The van der Waals surface area contributed by atoms with Crippen LogP contribution in [0.15, 0.2) is 18.2 Å². The quantitative estimate of drug-likeness (QED) is 0.827. The average Bonchev–Trinajstić information content (AvgIpc) is 2.73. The lowest BCUT2D eigenvalue weighted by molar-refractivity contribution is -0.128. The molecule has 0 unspecified atom stereocenters. The summed E-state index contributed by atoms with van der Waals surface area (Å²) in [5.41, 5.74) is 0.191. The van der Waals surface area contributed by atoms with Crippen LogP contribution in [-0.2, 0) is 21.4 Å². The lowest BCUT2D eigenvalue weighted by atomic mass is 9.78. The van der Waals surface area contributed by atoms with Crippen molar-refractivity contribution in [2.45, 2.75) is 25.8 Å². The van der Waals surface area contributed by atoms with E-state index in [0.717, 1.165) is 6.07 Å². The topological polar surface area (TPSA) is 57.7 Å². The molecule has 5 nitrogen and oxygen atoms in total. The first-order chi connectivity index (χ1) is 11.2. The summed E-state index contributed by atoms with van der Waals surface area (Å²) in [4.78, 5) is 13.9. The molecular weight excluding hydrogens is 338 g/mol. The zero-order valence-electron chi connectivity index (χ0n) is 13.5. The molecule has 1 amide bonds. The van der Waals surface area contributed by atoms with Crippen LogP contribution in [0, 0.1) is 17.0 Å². The molecule has 24 heavy (non-hydrogen) atoms. The number of benzene rings is 1. The van der Waals surface area contributed by atoms with Gasteiger partial charge < -0.3 is 4.90 Å². The number of amides is 1.